The van der Waals surface area contributed by atoms with Gasteiger partial charge in [0.2, 0.25) is 0 Å². The number of hydrogen-bond donors (Lipinski definition) is 2. The van der Waals surface area contributed by atoms with E-state index in [-0.39, 0.29) is 6.61 Å². The van der Waals surface area contributed by atoms with Gasteiger partial charge in [-0.3, -0.25) is 0 Å². The van der Waals surface area contributed by atoms with E-state index in [2.05, 4.69) is 40.3 Å². The highest BCUT2D eigenvalue weighted by atomic mass is 32.1. The van der Waals surface area contributed by atoms with Gasteiger partial charge in [-0.2, -0.15) is 0 Å². The highest BCUT2D eigenvalue weighted by Gasteiger charge is 2.13. The molecule has 0 spiro atoms. The van der Waals surface area contributed by atoms with Crippen LogP contribution in [0, 0.1) is 0 Å². The maximum absolute atomic E-state index is 8.80. The fraction of sp³-hybridized carbons (Fsp3) is 0.429. The van der Waals surface area contributed by atoms with Gasteiger partial charge < -0.3 is 10.4 Å². The van der Waals surface area contributed by atoms with Gasteiger partial charge in [-0.25, -0.2) is 0 Å². The van der Waals surface area contributed by atoms with E-state index in [1.54, 1.807) is 0 Å². The van der Waals surface area contributed by atoms with Crippen LogP contribution in [0.5, 0.6) is 0 Å². The minimum absolute atomic E-state index is 0.288. The fourth-order valence-corrected chi connectivity index (χ4v) is 3.46. The minimum Gasteiger partial charge on any atom is -0.396 e. The number of unbranched alkanes of at least 4 members (excludes halogenated alkanes) is 1. The van der Waals surface area contributed by atoms with Gasteiger partial charge in [-0.15, -0.1) is 22.7 Å². The summed E-state index contributed by atoms with van der Waals surface area (Å²) < 4.78 is 0. The van der Waals surface area contributed by atoms with E-state index in [0.717, 1.165) is 25.8 Å². The maximum atomic E-state index is 8.80. The molecule has 0 aliphatic carbocycles. The first-order chi connectivity index (χ1) is 8.90. The zero-order chi connectivity index (χ0) is 12.6. The van der Waals surface area contributed by atoms with E-state index in [1.165, 1.54) is 9.75 Å². The smallest absolute Gasteiger partial charge is 0.0463 e. The molecule has 0 aliphatic heterocycles. The SMILES string of the molecule is OCCCCNC(Cc1cccs1)c1cccs1. The van der Waals surface area contributed by atoms with Crippen LogP contribution in [-0.2, 0) is 6.42 Å². The van der Waals surface area contributed by atoms with Crippen LogP contribution in [0.3, 0.4) is 0 Å². The lowest BCUT2D eigenvalue weighted by Gasteiger charge is -2.16. The van der Waals surface area contributed by atoms with E-state index in [1.807, 2.05) is 22.7 Å². The number of nitrogens with one attached hydrogen (secondary N) is 1. The van der Waals surface area contributed by atoms with E-state index >= 15 is 0 Å². The molecule has 0 amide bonds. The van der Waals surface area contributed by atoms with Crippen LogP contribution in [0.2, 0.25) is 0 Å². The Hall–Kier alpha value is -0.680. The Morgan fingerprint density at radius 2 is 1.94 bits per heavy atom. The second-order valence-corrected chi connectivity index (χ2v) is 6.25. The Balaban J connectivity index is 1.91. The molecule has 0 aliphatic rings. The molecule has 2 N–H and O–H groups in total. The van der Waals surface area contributed by atoms with Crippen LogP contribution < -0.4 is 5.32 Å². The third-order valence-electron chi connectivity index (χ3n) is 2.85. The third-order valence-corrected chi connectivity index (χ3v) is 4.73. The van der Waals surface area contributed by atoms with E-state index in [4.69, 9.17) is 5.11 Å². The molecular formula is C14H19NOS2. The predicted octanol–water partition coefficient (Wildman–Crippen LogP) is 3.46. The second-order valence-electron chi connectivity index (χ2n) is 4.24. The lowest BCUT2D eigenvalue weighted by molar-refractivity contribution is 0.282. The van der Waals surface area contributed by atoms with Gasteiger partial charge in [0.15, 0.2) is 0 Å². The summed E-state index contributed by atoms with van der Waals surface area (Å²) in [6, 6.07) is 9.01. The molecular weight excluding hydrogens is 262 g/mol. The Morgan fingerprint density at radius 1 is 1.11 bits per heavy atom. The highest BCUT2D eigenvalue weighted by Crippen LogP contribution is 2.24. The minimum atomic E-state index is 0.288. The van der Waals surface area contributed by atoms with Gasteiger partial charge in [-0.05, 0) is 42.3 Å². The van der Waals surface area contributed by atoms with Crippen LogP contribution in [-0.4, -0.2) is 18.3 Å². The van der Waals surface area contributed by atoms with Crippen molar-refractivity contribution in [1.29, 1.82) is 0 Å². The molecule has 0 fully saturated rings. The molecule has 2 heterocycles. The van der Waals surface area contributed by atoms with Crippen molar-refractivity contribution in [1.82, 2.24) is 5.32 Å². The summed E-state index contributed by atoms with van der Waals surface area (Å²) in [6.07, 6.45) is 2.96. The molecule has 0 bridgehead atoms. The molecule has 1 unspecified atom stereocenters. The largest absolute Gasteiger partial charge is 0.396 e. The van der Waals surface area contributed by atoms with Crippen molar-refractivity contribution >= 4 is 22.7 Å². The van der Waals surface area contributed by atoms with Gasteiger partial charge in [-0.1, -0.05) is 12.1 Å². The van der Waals surface area contributed by atoms with Crippen LogP contribution >= 0.6 is 22.7 Å². The third kappa shape index (κ3) is 4.21. The standard InChI is InChI=1S/C14H19NOS2/c16-8-2-1-7-15-13(14-6-4-10-18-14)11-12-5-3-9-17-12/h3-6,9-10,13,15-16H,1-2,7-8,11H2. The summed E-state index contributed by atoms with van der Waals surface area (Å²) in [6.45, 7) is 1.25. The number of aliphatic hydroxyl groups excluding tert-OH is 1. The Labute approximate surface area is 116 Å². The summed E-state index contributed by atoms with van der Waals surface area (Å²) in [5.41, 5.74) is 0. The average molecular weight is 281 g/mol. The molecule has 18 heavy (non-hydrogen) atoms. The van der Waals surface area contributed by atoms with Crippen molar-refractivity contribution in [3.05, 3.63) is 44.8 Å². The van der Waals surface area contributed by atoms with Gasteiger partial charge >= 0.3 is 0 Å². The normalized spacial score (nSPS) is 12.7. The molecule has 2 aromatic rings. The Bertz CT molecular complexity index is 411. The first-order valence-corrected chi connectivity index (χ1v) is 8.06. The number of hydrogen-bond acceptors (Lipinski definition) is 4. The first kappa shape index (κ1) is 13.7. The van der Waals surface area contributed by atoms with Crippen molar-refractivity contribution in [2.24, 2.45) is 0 Å². The molecule has 2 rings (SSSR count). The fourth-order valence-electron chi connectivity index (χ4n) is 1.91. The van der Waals surface area contributed by atoms with Gasteiger partial charge in [0.25, 0.3) is 0 Å². The lowest BCUT2D eigenvalue weighted by atomic mass is 10.1. The molecule has 98 valence electrons. The van der Waals surface area contributed by atoms with Crippen molar-refractivity contribution in [3.63, 3.8) is 0 Å². The summed E-state index contributed by atoms with van der Waals surface area (Å²) in [5.74, 6) is 0. The molecule has 4 heteroatoms. The first-order valence-electron chi connectivity index (χ1n) is 6.30. The monoisotopic (exact) mass is 281 g/mol. The van der Waals surface area contributed by atoms with Gasteiger partial charge in [0.05, 0.1) is 0 Å². The van der Waals surface area contributed by atoms with Crippen LogP contribution in [0.15, 0.2) is 35.0 Å². The maximum Gasteiger partial charge on any atom is 0.0463 e. The molecule has 0 radical (unpaired) electrons. The summed E-state index contributed by atoms with van der Waals surface area (Å²) in [5, 5.41) is 16.7. The van der Waals surface area contributed by atoms with Crippen molar-refractivity contribution in [2.45, 2.75) is 25.3 Å². The molecule has 1 atom stereocenters. The Kier molecular flexibility index (Phi) is 5.87. The molecule has 2 aromatic heterocycles. The number of thiophene rings is 2. The van der Waals surface area contributed by atoms with Crippen LogP contribution in [0.25, 0.3) is 0 Å². The number of rotatable bonds is 8. The Morgan fingerprint density at radius 3 is 2.61 bits per heavy atom. The van der Waals surface area contributed by atoms with Crippen molar-refractivity contribution < 1.29 is 5.11 Å². The van der Waals surface area contributed by atoms with E-state index in [9.17, 15) is 0 Å². The summed E-state index contributed by atoms with van der Waals surface area (Å²) in [4.78, 5) is 2.82. The molecule has 2 nitrogen and oxygen atoms in total. The zero-order valence-electron chi connectivity index (χ0n) is 10.3. The highest BCUT2D eigenvalue weighted by molar-refractivity contribution is 7.10. The topological polar surface area (TPSA) is 32.3 Å². The zero-order valence-corrected chi connectivity index (χ0v) is 12.0. The predicted molar refractivity (Wildman–Crippen MR) is 79.4 cm³/mol. The van der Waals surface area contributed by atoms with Gasteiger partial charge in [0.1, 0.15) is 0 Å². The van der Waals surface area contributed by atoms with Crippen molar-refractivity contribution in [3.8, 4) is 0 Å². The van der Waals surface area contributed by atoms with Gasteiger partial charge in [0, 0.05) is 28.8 Å². The second kappa shape index (κ2) is 7.69. The molecule has 0 saturated heterocycles. The van der Waals surface area contributed by atoms with E-state index in [0.29, 0.717) is 6.04 Å². The molecule has 0 aromatic carbocycles. The van der Waals surface area contributed by atoms with Crippen LogP contribution in [0.1, 0.15) is 28.6 Å². The van der Waals surface area contributed by atoms with Crippen LogP contribution in [0.4, 0.5) is 0 Å². The quantitative estimate of drug-likeness (QED) is 0.726. The van der Waals surface area contributed by atoms with E-state index < -0.39 is 0 Å². The molecule has 0 saturated carbocycles. The summed E-state index contributed by atoms with van der Waals surface area (Å²) >= 11 is 3.63. The lowest BCUT2D eigenvalue weighted by Crippen LogP contribution is -2.23. The van der Waals surface area contributed by atoms with Crippen molar-refractivity contribution in [2.75, 3.05) is 13.2 Å². The average Bonchev–Trinajstić information content (AvgIpc) is 3.05. The number of aliphatic hydroxyl groups is 1. The summed E-state index contributed by atoms with van der Waals surface area (Å²) in [7, 11) is 0.